The van der Waals surface area contributed by atoms with Gasteiger partial charge in [-0.15, -0.1) is 0 Å². The Bertz CT molecular complexity index is 801. The average molecular weight is 370 g/mol. The van der Waals surface area contributed by atoms with Crippen LogP contribution in [0.15, 0.2) is 59.1 Å². The maximum absolute atomic E-state index is 11.7. The second kappa shape index (κ2) is 5.53. The number of carboxylic acid groups (broad SMARTS) is 1. The molecule has 2 aliphatic rings. The number of carboxylic acids is 1. The van der Waals surface area contributed by atoms with E-state index in [1.165, 1.54) is 5.56 Å². The summed E-state index contributed by atoms with van der Waals surface area (Å²) in [6, 6.07) is 14.1. The first kappa shape index (κ1) is 14.5. The molecule has 4 heteroatoms. The van der Waals surface area contributed by atoms with Crippen molar-refractivity contribution >= 4 is 27.6 Å². The predicted octanol–water partition coefficient (Wildman–Crippen LogP) is 4.97. The molecule has 2 aromatic rings. The molecule has 0 amide bonds. The van der Waals surface area contributed by atoms with E-state index in [1.807, 2.05) is 24.3 Å². The molecule has 0 bridgehead atoms. The quantitative estimate of drug-likeness (QED) is 0.734. The van der Waals surface area contributed by atoms with Crippen LogP contribution in [-0.2, 0) is 0 Å². The van der Waals surface area contributed by atoms with Crippen molar-refractivity contribution in [3.63, 3.8) is 0 Å². The van der Waals surface area contributed by atoms with Gasteiger partial charge in [-0.25, -0.2) is 4.79 Å². The van der Waals surface area contributed by atoms with Crippen LogP contribution in [0.2, 0.25) is 0 Å². The Balaban J connectivity index is 1.88. The van der Waals surface area contributed by atoms with Crippen molar-refractivity contribution in [2.45, 2.75) is 18.4 Å². The number of hydrogen-bond donors (Lipinski definition) is 2. The summed E-state index contributed by atoms with van der Waals surface area (Å²) in [6.07, 6.45) is 5.44. The van der Waals surface area contributed by atoms with Crippen molar-refractivity contribution in [1.82, 2.24) is 0 Å². The van der Waals surface area contributed by atoms with E-state index in [1.54, 1.807) is 6.07 Å². The third-order valence-corrected chi connectivity index (χ3v) is 5.28. The molecule has 3 nitrogen and oxygen atoms in total. The van der Waals surface area contributed by atoms with Crippen LogP contribution in [0.1, 0.15) is 39.9 Å². The first-order valence-corrected chi connectivity index (χ1v) is 8.49. The van der Waals surface area contributed by atoms with E-state index in [9.17, 15) is 9.90 Å². The highest BCUT2D eigenvalue weighted by molar-refractivity contribution is 9.10. The number of aromatic carboxylic acids is 1. The molecule has 0 aromatic heterocycles. The van der Waals surface area contributed by atoms with Crippen LogP contribution in [0.4, 0.5) is 5.69 Å². The zero-order valence-corrected chi connectivity index (χ0v) is 14.0. The lowest BCUT2D eigenvalue weighted by molar-refractivity contribution is 0.0697. The van der Waals surface area contributed by atoms with Gasteiger partial charge in [0, 0.05) is 10.4 Å². The van der Waals surface area contributed by atoms with Crippen molar-refractivity contribution in [2.24, 2.45) is 5.92 Å². The van der Waals surface area contributed by atoms with Gasteiger partial charge >= 0.3 is 5.97 Å². The Morgan fingerprint density at radius 2 is 2.00 bits per heavy atom. The SMILES string of the molecule is O=C(O)c1cc(Br)cc2c1N[C@@H](c1ccccc1)[C@H]1CC=C[C@@H]21. The molecule has 0 fully saturated rings. The van der Waals surface area contributed by atoms with Gasteiger partial charge in [0.25, 0.3) is 0 Å². The van der Waals surface area contributed by atoms with Gasteiger partial charge in [-0.05, 0) is 35.6 Å². The molecule has 3 atom stereocenters. The third-order valence-electron chi connectivity index (χ3n) is 4.82. The Morgan fingerprint density at radius 3 is 2.74 bits per heavy atom. The van der Waals surface area contributed by atoms with E-state index in [4.69, 9.17) is 0 Å². The fourth-order valence-corrected chi connectivity index (χ4v) is 4.30. The molecule has 116 valence electrons. The normalized spacial score (nSPS) is 24.7. The van der Waals surface area contributed by atoms with Gasteiger partial charge in [-0.2, -0.15) is 0 Å². The van der Waals surface area contributed by atoms with Crippen LogP contribution in [0.25, 0.3) is 0 Å². The molecule has 23 heavy (non-hydrogen) atoms. The van der Waals surface area contributed by atoms with Gasteiger partial charge < -0.3 is 10.4 Å². The molecule has 4 rings (SSSR count). The Labute approximate surface area is 143 Å². The summed E-state index contributed by atoms with van der Waals surface area (Å²) in [4.78, 5) is 11.7. The largest absolute Gasteiger partial charge is 0.478 e. The summed E-state index contributed by atoms with van der Waals surface area (Å²) in [5.74, 6) is -0.227. The van der Waals surface area contributed by atoms with Crippen LogP contribution in [-0.4, -0.2) is 11.1 Å². The molecule has 1 heterocycles. The van der Waals surface area contributed by atoms with E-state index >= 15 is 0 Å². The summed E-state index contributed by atoms with van der Waals surface area (Å²) in [5.41, 5.74) is 3.36. The fourth-order valence-electron chi connectivity index (χ4n) is 3.82. The Morgan fingerprint density at radius 1 is 1.22 bits per heavy atom. The number of hydrogen-bond acceptors (Lipinski definition) is 2. The lowest BCUT2D eigenvalue weighted by Gasteiger charge is -2.38. The third kappa shape index (κ3) is 2.38. The minimum atomic E-state index is -0.901. The van der Waals surface area contributed by atoms with Gasteiger partial charge in [0.2, 0.25) is 0 Å². The minimum Gasteiger partial charge on any atom is -0.478 e. The summed E-state index contributed by atoms with van der Waals surface area (Å²) >= 11 is 3.45. The Hall–Kier alpha value is -2.07. The molecule has 0 saturated carbocycles. The van der Waals surface area contributed by atoms with Crippen molar-refractivity contribution in [3.05, 3.63) is 75.8 Å². The number of fused-ring (bicyclic) bond motifs is 3. The maximum Gasteiger partial charge on any atom is 0.337 e. The van der Waals surface area contributed by atoms with Gasteiger partial charge in [-0.1, -0.05) is 58.4 Å². The van der Waals surface area contributed by atoms with Crippen molar-refractivity contribution in [3.8, 4) is 0 Å². The van der Waals surface area contributed by atoms with Crippen molar-refractivity contribution in [2.75, 3.05) is 5.32 Å². The molecular weight excluding hydrogens is 354 g/mol. The Kier molecular flexibility index (Phi) is 3.49. The average Bonchev–Trinajstić information content (AvgIpc) is 3.04. The lowest BCUT2D eigenvalue weighted by atomic mass is 9.76. The number of rotatable bonds is 2. The fraction of sp³-hybridized carbons (Fsp3) is 0.211. The summed E-state index contributed by atoms with van der Waals surface area (Å²) in [5, 5.41) is 13.1. The number of halogens is 1. The minimum absolute atomic E-state index is 0.128. The molecule has 2 aromatic carbocycles. The van der Waals surface area contributed by atoms with Gasteiger partial charge in [-0.3, -0.25) is 0 Å². The number of anilines is 1. The van der Waals surface area contributed by atoms with Crippen LogP contribution >= 0.6 is 15.9 Å². The van der Waals surface area contributed by atoms with Crippen LogP contribution in [0.3, 0.4) is 0 Å². The molecule has 1 aliphatic carbocycles. The zero-order chi connectivity index (χ0) is 16.0. The second-order valence-corrected chi connectivity index (χ2v) is 7.02. The number of nitrogens with one attached hydrogen (secondary N) is 1. The topological polar surface area (TPSA) is 49.3 Å². The monoisotopic (exact) mass is 369 g/mol. The van der Waals surface area contributed by atoms with Crippen molar-refractivity contribution < 1.29 is 9.90 Å². The number of allylic oxidation sites excluding steroid dienone is 2. The number of carbonyl (C=O) groups is 1. The zero-order valence-electron chi connectivity index (χ0n) is 12.4. The van der Waals surface area contributed by atoms with Gasteiger partial charge in [0.1, 0.15) is 0 Å². The molecular formula is C19H16BrNO2. The highest BCUT2D eigenvalue weighted by Gasteiger charge is 2.39. The van der Waals surface area contributed by atoms with Gasteiger partial charge in [0.05, 0.1) is 17.3 Å². The first-order chi connectivity index (χ1) is 11.1. The smallest absolute Gasteiger partial charge is 0.337 e. The predicted molar refractivity (Wildman–Crippen MR) is 93.9 cm³/mol. The lowest BCUT2D eigenvalue weighted by Crippen LogP contribution is -2.30. The molecule has 2 N–H and O–H groups in total. The standard InChI is InChI=1S/C19H16BrNO2/c20-12-9-15-13-7-4-8-14(13)17(11-5-2-1-3-6-11)21-18(15)16(10-12)19(22)23/h1-7,9-10,13-14,17,21H,8H2,(H,22,23)/t13-,14+,17+/m1/s1. The van der Waals surface area contributed by atoms with Gasteiger partial charge in [0.15, 0.2) is 0 Å². The van der Waals surface area contributed by atoms with E-state index < -0.39 is 5.97 Å². The molecule has 0 saturated heterocycles. The summed E-state index contributed by atoms with van der Waals surface area (Å²) in [7, 11) is 0. The molecule has 1 aliphatic heterocycles. The van der Waals surface area contributed by atoms with Crippen LogP contribution in [0.5, 0.6) is 0 Å². The highest BCUT2D eigenvalue weighted by atomic mass is 79.9. The highest BCUT2D eigenvalue weighted by Crippen LogP contribution is 2.51. The summed E-state index contributed by atoms with van der Waals surface area (Å²) in [6.45, 7) is 0. The first-order valence-electron chi connectivity index (χ1n) is 7.70. The van der Waals surface area contributed by atoms with Crippen molar-refractivity contribution in [1.29, 1.82) is 0 Å². The second-order valence-electron chi connectivity index (χ2n) is 6.11. The molecule has 0 radical (unpaired) electrons. The van der Waals surface area contributed by atoms with E-state index in [-0.39, 0.29) is 12.0 Å². The maximum atomic E-state index is 11.7. The number of benzene rings is 2. The van der Waals surface area contributed by atoms with Crippen LogP contribution < -0.4 is 5.32 Å². The van der Waals surface area contributed by atoms with Crippen LogP contribution in [0, 0.1) is 5.92 Å². The van der Waals surface area contributed by atoms with E-state index in [0.29, 0.717) is 11.5 Å². The van der Waals surface area contributed by atoms with E-state index in [0.717, 1.165) is 22.1 Å². The summed E-state index contributed by atoms with van der Waals surface area (Å²) < 4.78 is 0.813. The molecule has 0 spiro atoms. The molecule has 0 unspecified atom stereocenters. The van der Waals surface area contributed by atoms with E-state index in [2.05, 4.69) is 45.5 Å².